The first-order chi connectivity index (χ1) is 11.6. The third-order valence-electron chi connectivity index (χ3n) is 8.51. The molecule has 5 rings (SSSR count). The molecule has 6 unspecified atom stereocenters. The minimum Gasteiger partial charge on any atom is -0.295 e. The number of hydrogen-bond donors (Lipinski definition) is 1. The van der Waals surface area contributed by atoms with Gasteiger partial charge in [-0.3, -0.25) is 10.1 Å². The van der Waals surface area contributed by atoms with Crippen LogP contribution in [0.5, 0.6) is 0 Å². The summed E-state index contributed by atoms with van der Waals surface area (Å²) < 4.78 is 0. The van der Waals surface area contributed by atoms with Crippen molar-refractivity contribution in [3.05, 3.63) is 11.6 Å². The van der Waals surface area contributed by atoms with Crippen molar-refractivity contribution in [3.63, 3.8) is 0 Å². The molecule has 0 aliphatic heterocycles. The smallest absolute Gasteiger partial charge is 0.155 e. The SMILES string of the molecule is CC.CC12CCC3C4CCC(=O)C=C4CC[C@H]3C13CC3CC2OO. The van der Waals surface area contributed by atoms with Gasteiger partial charge in [-0.2, -0.15) is 0 Å². The van der Waals surface area contributed by atoms with Gasteiger partial charge in [0.1, 0.15) is 0 Å². The monoisotopic (exact) mass is 332 g/mol. The molecule has 134 valence electrons. The van der Waals surface area contributed by atoms with Gasteiger partial charge in [0.25, 0.3) is 0 Å². The van der Waals surface area contributed by atoms with Crippen LogP contribution in [0.4, 0.5) is 0 Å². The second kappa shape index (κ2) is 5.67. The maximum absolute atomic E-state index is 11.7. The summed E-state index contributed by atoms with van der Waals surface area (Å²) in [4.78, 5) is 16.7. The van der Waals surface area contributed by atoms with Gasteiger partial charge < -0.3 is 0 Å². The molecule has 4 fully saturated rings. The number of hydrogen-bond acceptors (Lipinski definition) is 3. The number of fused-ring (bicyclic) bond motifs is 3. The highest BCUT2D eigenvalue weighted by Gasteiger charge is 2.77. The standard InChI is InChI=1S/C19H26O3.C2H6/c1-18-7-6-15-14-4-3-13(20)8-11(14)2-5-16(15)19(18)10-12(19)9-17(18)22-21;1-2/h8,12,14-17,21H,2-7,9-10H2,1H3;1-2H3/t12?,14?,15?,16-,17?,18?,19?;/m1./s1. The molecule has 0 radical (unpaired) electrons. The molecular weight excluding hydrogens is 300 g/mol. The van der Waals surface area contributed by atoms with Crippen LogP contribution in [0.2, 0.25) is 0 Å². The molecule has 0 amide bonds. The Morgan fingerprint density at radius 1 is 1.21 bits per heavy atom. The normalized spacial score (nSPS) is 51.2. The van der Waals surface area contributed by atoms with Crippen LogP contribution in [0.1, 0.15) is 72.1 Å². The van der Waals surface area contributed by atoms with Gasteiger partial charge in [0.05, 0.1) is 6.10 Å². The Labute approximate surface area is 145 Å². The van der Waals surface area contributed by atoms with Crippen molar-refractivity contribution in [2.45, 2.75) is 78.2 Å². The number of carbonyl (C=O) groups is 1. The number of carbonyl (C=O) groups excluding carboxylic acids is 1. The average Bonchev–Trinajstić information content (AvgIpc) is 3.27. The van der Waals surface area contributed by atoms with Gasteiger partial charge in [-0.1, -0.05) is 26.3 Å². The van der Waals surface area contributed by atoms with E-state index in [2.05, 4.69) is 6.92 Å². The molecule has 1 N–H and O–H groups in total. The molecule has 7 atom stereocenters. The maximum atomic E-state index is 11.7. The van der Waals surface area contributed by atoms with Crippen LogP contribution in [0.25, 0.3) is 0 Å². The van der Waals surface area contributed by atoms with Gasteiger partial charge in [-0.05, 0) is 80.1 Å². The third-order valence-corrected chi connectivity index (χ3v) is 8.51. The second-order valence-corrected chi connectivity index (χ2v) is 8.87. The fourth-order valence-electron chi connectivity index (χ4n) is 7.53. The Morgan fingerprint density at radius 2 is 2.00 bits per heavy atom. The third kappa shape index (κ3) is 1.94. The van der Waals surface area contributed by atoms with E-state index in [1.165, 1.54) is 31.3 Å². The Kier molecular flexibility index (Phi) is 3.96. The molecule has 0 aromatic carbocycles. The highest BCUT2D eigenvalue weighted by atomic mass is 17.1. The molecule has 3 nitrogen and oxygen atoms in total. The lowest BCUT2D eigenvalue weighted by Gasteiger charge is -2.55. The highest BCUT2D eigenvalue weighted by molar-refractivity contribution is 5.91. The Bertz CT molecular complexity index is 567. The van der Waals surface area contributed by atoms with Gasteiger partial charge in [0.15, 0.2) is 5.78 Å². The quantitative estimate of drug-likeness (QED) is 0.542. The lowest BCUT2D eigenvalue weighted by Crippen LogP contribution is -2.51. The van der Waals surface area contributed by atoms with Crippen LogP contribution in [-0.2, 0) is 9.68 Å². The molecule has 1 spiro atoms. The van der Waals surface area contributed by atoms with E-state index in [0.29, 0.717) is 17.1 Å². The van der Waals surface area contributed by atoms with E-state index < -0.39 is 0 Å². The fourth-order valence-corrected chi connectivity index (χ4v) is 7.53. The van der Waals surface area contributed by atoms with Crippen LogP contribution >= 0.6 is 0 Å². The van der Waals surface area contributed by atoms with Crippen molar-refractivity contribution in [1.29, 1.82) is 0 Å². The van der Waals surface area contributed by atoms with E-state index >= 15 is 0 Å². The zero-order valence-electron chi connectivity index (χ0n) is 15.4. The van der Waals surface area contributed by atoms with Crippen molar-refractivity contribution in [2.75, 3.05) is 0 Å². The van der Waals surface area contributed by atoms with E-state index in [-0.39, 0.29) is 11.5 Å². The summed E-state index contributed by atoms with van der Waals surface area (Å²) in [6.45, 7) is 6.38. The first-order valence-electron chi connectivity index (χ1n) is 10.1. The molecule has 5 aliphatic rings. The van der Waals surface area contributed by atoms with Gasteiger partial charge >= 0.3 is 0 Å². The maximum Gasteiger partial charge on any atom is 0.155 e. The van der Waals surface area contributed by atoms with Crippen LogP contribution in [0.15, 0.2) is 11.6 Å². The highest BCUT2D eigenvalue weighted by Crippen LogP contribution is 2.81. The van der Waals surface area contributed by atoms with E-state index in [1.54, 1.807) is 0 Å². The summed E-state index contributed by atoms with van der Waals surface area (Å²) in [6, 6.07) is 0. The summed E-state index contributed by atoms with van der Waals surface area (Å²) in [5, 5.41) is 9.37. The van der Waals surface area contributed by atoms with Crippen molar-refractivity contribution in [2.24, 2.45) is 34.5 Å². The average molecular weight is 332 g/mol. The summed E-state index contributed by atoms with van der Waals surface area (Å²) in [5.41, 5.74) is 2.08. The summed E-state index contributed by atoms with van der Waals surface area (Å²) >= 11 is 0. The molecule has 24 heavy (non-hydrogen) atoms. The minimum atomic E-state index is 0.0528. The van der Waals surface area contributed by atoms with Crippen LogP contribution in [0, 0.1) is 34.5 Å². The van der Waals surface area contributed by atoms with E-state index in [0.717, 1.165) is 43.4 Å². The van der Waals surface area contributed by atoms with Gasteiger partial charge in [0.2, 0.25) is 0 Å². The van der Waals surface area contributed by atoms with E-state index in [9.17, 15) is 10.1 Å². The van der Waals surface area contributed by atoms with Gasteiger partial charge in [0, 0.05) is 11.8 Å². The molecular formula is C21H32O3. The lowest BCUT2D eigenvalue weighted by molar-refractivity contribution is -0.309. The fraction of sp³-hybridized carbons (Fsp3) is 0.857. The Morgan fingerprint density at radius 3 is 2.75 bits per heavy atom. The predicted molar refractivity (Wildman–Crippen MR) is 93.4 cm³/mol. The van der Waals surface area contributed by atoms with E-state index in [4.69, 9.17) is 4.89 Å². The van der Waals surface area contributed by atoms with E-state index in [1.807, 2.05) is 19.9 Å². The zero-order valence-corrected chi connectivity index (χ0v) is 15.4. The topological polar surface area (TPSA) is 46.5 Å². The van der Waals surface area contributed by atoms with Gasteiger partial charge in [-0.15, -0.1) is 0 Å². The Balaban J connectivity index is 0.000000704. The first-order valence-corrected chi connectivity index (χ1v) is 10.1. The zero-order chi connectivity index (χ0) is 17.1. The largest absolute Gasteiger partial charge is 0.295 e. The number of rotatable bonds is 1. The van der Waals surface area contributed by atoms with Gasteiger partial charge in [-0.25, -0.2) is 4.89 Å². The van der Waals surface area contributed by atoms with Crippen LogP contribution in [0.3, 0.4) is 0 Å². The van der Waals surface area contributed by atoms with Crippen molar-refractivity contribution in [3.8, 4) is 0 Å². The lowest BCUT2D eigenvalue weighted by atomic mass is 9.49. The molecule has 0 aromatic heterocycles. The molecule has 3 heteroatoms. The molecule has 0 heterocycles. The molecule has 4 saturated carbocycles. The number of ketones is 1. The predicted octanol–water partition coefficient (Wildman–Crippen LogP) is 5.01. The summed E-state index contributed by atoms with van der Waals surface area (Å²) in [5.74, 6) is 3.38. The van der Waals surface area contributed by atoms with Crippen LogP contribution < -0.4 is 0 Å². The molecule has 0 saturated heterocycles. The second-order valence-electron chi connectivity index (χ2n) is 8.87. The van der Waals surface area contributed by atoms with Crippen molar-refractivity contribution in [1.82, 2.24) is 0 Å². The van der Waals surface area contributed by atoms with Crippen molar-refractivity contribution >= 4 is 5.78 Å². The minimum absolute atomic E-state index is 0.0528. The van der Waals surface area contributed by atoms with Crippen molar-refractivity contribution < 1.29 is 14.9 Å². The molecule has 0 aromatic rings. The summed E-state index contributed by atoms with van der Waals surface area (Å²) in [6.07, 6.45) is 11.1. The summed E-state index contributed by atoms with van der Waals surface area (Å²) in [7, 11) is 0. The molecule has 5 aliphatic carbocycles. The van der Waals surface area contributed by atoms with Crippen LogP contribution in [-0.4, -0.2) is 17.1 Å². The Hall–Kier alpha value is -0.670. The first kappa shape index (κ1) is 16.8. The molecule has 0 bridgehead atoms. The number of allylic oxidation sites excluding steroid dienone is 1.